The van der Waals surface area contributed by atoms with Gasteiger partial charge >= 0.3 is 0 Å². The van der Waals surface area contributed by atoms with E-state index in [2.05, 4.69) is 11.0 Å². The molecule has 3 nitrogen and oxygen atoms in total. The molecule has 0 bridgehead atoms. The van der Waals surface area contributed by atoms with E-state index in [9.17, 15) is 0 Å². The van der Waals surface area contributed by atoms with E-state index in [0.717, 1.165) is 24.5 Å². The number of nitrogen functional groups attached to an aromatic ring is 1. The molecule has 1 aromatic carbocycles. The van der Waals surface area contributed by atoms with Crippen molar-refractivity contribution in [1.29, 1.82) is 0 Å². The Labute approximate surface area is 97.2 Å². The molecule has 3 heteroatoms. The Morgan fingerprint density at radius 3 is 2.94 bits per heavy atom. The maximum atomic E-state index is 6.03. The average Bonchev–Trinajstić information content (AvgIpc) is 2.31. The van der Waals surface area contributed by atoms with Gasteiger partial charge in [-0.05, 0) is 31.4 Å². The van der Waals surface area contributed by atoms with Gasteiger partial charge in [-0.15, -0.1) is 0 Å². The van der Waals surface area contributed by atoms with Crippen molar-refractivity contribution in [2.45, 2.75) is 25.3 Å². The molecule has 0 amide bonds. The summed E-state index contributed by atoms with van der Waals surface area (Å²) in [5, 5.41) is 0. The highest BCUT2D eigenvalue weighted by Crippen LogP contribution is 2.29. The van der Waals surface area contributed by atoms with Gasteiger partial charge in [0.1, 0.15) is 0 Å². The molecule has 1 fully saturated rings. The number of para-hydroxylation sites is 2. The zero-order chi connectivity index (χ0) is 11.4. The molecule has 0 saturated carbocycles. The van der Waals surface area contributed by atoms with Crippen LogP contribution >= 0.6 is 0 Å². The molecule has 0 radical (unpaired) electrons. The Balaban J connectivity index is 2.19. The van der Waals surface area contributed by atoms with E-state index in [1.807, 2.05) is 18.2 Å². The first-order valence-electron chi connectivity index (χ1n) is 5.93. The fourth-order valence-electron chi connectivity index (χ4n) is 2.43. The van der Waals surface area contributed by atoms with Crippen molar-refractivity contribution < 1.29 is 4.74 Å². The highest BCUT2D eigenvalue weighted by atomic mass is 16.5. The van der Waals surface area contributed by atoms with Crippen LogP contribution in [0.4, 0.5) is 11.4 Å². The monoisotopic (exact) mass is 220 g/mol. The van der Waals surface area contributed by atoms with Crippen molar-refractivity contribution in [1.82, 2.24) is 0 Å². The molecule has 2 N–H and O–H groups in total. The van der Waals surface area contributed by atoms with Crippen molar-refractivity contribution in [3.63, 3.8) is 0 Å². The summed E-state index contributed by atoms with van der Waals surface area (Å²) in [5.74, 6) is 0. The smallest absolute Gasteiger partial charge is 0.0666 e. The summed E-state index contributed by atoms with van der Waals surface area (Å²) in [7, 11) is 1.77. The number of anilines is 2. The minimum atomic E-state index is 0.475. The highest BCUT2D eigenvalue weighted by Gasteiger charge is 2.23. The number of rotatable bonds is 3. The second-order valence-electron chi connectivity index (χ2n) is 4.36. The SMILES string of the molecule is COCC1CCCCN1c1ccccc1N. The van der Waals surface area contributed by atoms with E-state index in [1.54, 1.807) is 7.11 Å². The maximum Gasteiger partial charge on any atom is 0.0666 e. The Kier molecular flexibility index (Phi) is 3.67. The van der Waals surface area contributed by atoms with E-state index in [1.165, 1.54) is 19.3 Å². The Morgan fingerprint density at radius 2 is 2.19 bits per heavy atom. The second-order valence-corrected chi connectivity index (χ2v) is 4.36. The lowest BCUT2D eigenvalue weighted by Gasteiger charge is -2.37. The summed E-state index contributed by atoms with van der Waals surface area (Å²) in [6.45, 7) is 1.87. The third kappa shape index (κ3) is 2.30. The number of hydrogen-bond acceptors (Lipinski definition) is 3. The van der Waals surface area contributed by atoms with Gasteiger partial charge in [0, 0.05) is 13.7 Å². The van der Waals surface area contributed by atoms with Crippen LogP contribution in [0.5, 0.6) is 0 Å². The third-order valence-corrected chi connectivity index (χ3v) is 3.23. The fourth-order valence-corrected chi connectivity index (χ4v) is 2.43. The lowest BCUT2D eigenvalue weighted by molar-refractivity contribution is 0.166. The lowest BCUT2D eigenvalue weighted by Crippen LogP contribution is -2.42. The van der Waals surface area contributed by atoms with E-state index < -0.39 is 0 Å². The molecule has 1 saturated heterocycles. The third-order valence-electron chi connectivity index (χ3n) is 3.23. The van der Waals surface area contributed by atoms with Gasteiger partial charge in [0.15, 0.2) is 0 Å². The van der Waals surface area contributed by atoms with Crippen molar-refractivity contribution in [2.24, 2.45) is 0 Å². The molecule has 1 unspecified atom stereocenters. The first-order valence-corrected chi connectivity index (χ1v) is 5.93. The van der Waals surface area contributed by atoms with E-state index in [0.29, 0.717) is 6.04 Å². The average molecular weight is 220 g/mol. The molecular formula is C13H20N2O. The molecule has 88 valence electrons. The number of benzene rings is 1. The van der Waals surface area contributed by atoms with Crippen LogP contribution in [0.1, 0.15) is 19.3 Å². The summed E-state index contributed by atoms with van der Waals surface area (Å²) >= 11 is 0. The number of methoxy groups -OCH3 is 1. The predicted molar refractivity (Wildman–Crippen MR) is 67.7 cm³/mol. The second kappa shape index (κ2) is 5.21. The minimum Gasteiger partial charge on any atom is -0.397 e. The van der Waals surface area contributed by atoms with E-state index >= 15 is 0 Å². The first-order chi connectivity index (χ1) is 7.83. The topological polar surface area (TPSA) is 38.5 Å². The first kappa shape index (κ1) is 11.3. The maximum absolute atomic E-state index is 6.03. The van der Waals surface area contributed by atoms with Crippen LogP contribution < -0.4 is 10.6 Å². The summed E-state index contributed by atoms with van der Waals surface area (Å²) in [4.78, 5) is 2.39. The quantitative estimate of drug-likeness (QED) is 0.794. The van der Waals surface area contributed by atoms with Gasteiger partial charge in [-0.3, -0.25) is 0 Å². The minimum absolute atomic E-state index is 0.475. The molecule has 0 spiro atoms. The molecule has 1 aliphatic heterocycles. The number of nitrogens with two attached hydrogens (primary N) is 1. The van der Waals surface area contributed by atoms with Crippen LogP contribution in [0.25, 0.3) is 0 Å². The standard InChI is InChI=1S/C13H20N2O/c1-16-10-11-6-4-5-9-15(11)13-8-3-2-7-12(13)14/h2-3,7-8,11H,4-6,9-10,14H2,1H3. The normalized spacial score (nSPS) is 21.1. The van der Waals surface area contributed by atoms with Crippen molar-refractivity contribution in [3.8, 4) is 0 Å². The number of ether oxygens (including phenoxy) is 1. The molecular weight excluding hydrogens is 200 g/mol. The number of piperidine rings is 1. The largest absolute Gasteiger partial charge is 0.397 e. The van der Waals surface area contributed by atoms with Gasteiger partial charge in [-0.2, -0.15) is 0 Å². The Morgan fingerprint density at radius 1 is 1.38 bits per heavy atom. The van der Waals surface area contributed by atoms with Crippen LogP contribution in [0, 0.1) is 0 Å². The predicted octanol–water partition coefficient (Wildman–Crippen LogP) is 2.27. The van der Waals surface area contributed by atoms with Crippen LogP contribution in [0.2, 0.25) is 0 Å². The summed E-state index contributed by atoms with van der Waals surface area (Å²) in [6, 6.07) is 8.57. The van der Waals surface area contributed by atoms with Crippen LogP contribution in [0.3, 0.4) is 0 Å². The molecule has 16 heavy (non-hydrogen) atoms. The van der Waals surface area contributed by atoms with E-state index in [4.69, 9.17) is 10.5 Å². The zero-order valence-electron chi connectivity index (χ0n) is 9.86. The highest BCUT2D eigenvalue weighted by molar-refractivity contribution is 5.67. The molecule has 0 aliphatic carbocycles. The van der Waals surface area contributed by atoms with Gasteiger partial charge in [0.05, 0.1) is 24.0 Å². The Bertz CT molecular complexity index is 338. The molecule has 1 heterocycles. The number of hydrogen-bond donors (Lipinski definition) is 1. The molecule has 1 aromatic rings. The van der Waals surface area contributed by atoms with Crippen LogP contribution in [-0.2, 0) is 4.74 Å². The van der Waals surface area contributed by atoms with E-state index in [-0.39, 0.29) is 0 Å². The number of nitrogens with zero attached hydrogens (tertiary/aromatic N) is 1. The van der Waals surface area contributed by atoms with Gasteiger partial charge in [-0.1, -0.05) is 12.1 Å². The molecule has 2 rings (SSSR count). The van der Waals surface area contributed by atoms with Crippen molar-refractivity contribution in [2.75, 3.05) is 30.9 Å². The molecule has 1 aliphatic rings. The zero-order valence-corrected chi connectivity index (χ0v) is 9.86. The summed E-state index contributed by atoms with van der Waals surface area (Å²) < 4.78 is 5.29. The van der Waals surface area contributed by atoms with Gasteiger partial charge in [0.25, 0.3) is 0 Å². The van der Waals surface area contributed by atoms with Crippen molar-refractivity contribution in [3.05, 3.63) is 24.3 Å². The van der Waals surface area contributed by atoms with Crippen LogP contribution in [0.15, 0.2) is 24.3 Å². The van der Waals surface area contributed by atoms with Gasteiger partial charge in [0.2, 0.25) is 0 Å². The van der Waals surface area contributed by atoms with Gasteiger partial charge in [-0.25, -0.2) is 0 Å². The summed E-state index contributed by atoms with van der Waals surface area (Å²) in [6.07, 6.45) is 3.73. The molecule has 0 aromatic heterocycles. The molecule has 1 atom stereocenters. The lowest BCUT2D eigenvalue weighted by atomic mass is 10.0. The Hall–Kier alpha value is -1.22. The van der Waals surface area contributed by atoms with Crippen LogP contribution in [-0.4, -0.2) is 26.3 Å². The fraction of sp³-hybridized carbons (Fsp3) is 0.538. The van der Waals surface area contributed by atoms with Gasteiger partial charge < -0.3 is 15.4 Å². The van der Waals surface area contributed by atoms with Crippen molar-refractivity contribution >= 4 is 11.4 Å². The summed E-state index contributed by atoms with van der Waals surface area (Å²) in [5.41, 5.74) is 8.05.